The van der Waals surface area contributed by atoms with E-state index in [1.807, 2.05) is 0 Å². The quantitative estimate of drug-likeness (QED) is 0.604. The van der Waals surface area contributed by atoms with Crippen LogP contribution in [0.15, 0.2) is 59.4 Å². The van der Waals surface area contributed by atoms with Gasteiger partial charge in [-0.3, -0.25) is 9.59 Å². The van der Waals surface area contributed by atoms with Crippen molar-refractivity contribution in [2.45, 2.75) is 44.1 Å². The fourth-order valence-electron chi connectivity index (χ4n) is 3.70. The molecule has 1 fully saturated rings. The Morgan fingerprint density at radius 1 is 1.06 bits per heavy atom. The first-order valence-electron chi connectivity index (χ1n) is 10.4. The molecular weight excluding hydrogens is 400 g/mol. The molecule has 4 rings (SSSR count). The SMILES string of the molecule is O=C(Cc1ccc(F)cc1)NC(Cc1cc(=O)[nH]c(C2CCC2)n1)c1ccc(F)cc1. The van der Waals surface area contributed by atoms with Crippen molar-refractivity contribution in [2.24, 2.45) is 0 Å². The molecule has 0 aliphatic heterocycles. The van der Waals surface area contributed by atoms with Crippen LogP contribution in [-0.2, 0) is 17.6 Å². The first kappa shape index (κ1) is 20.9. The molecule has 160 valence electrons. The van der Waals surface area contributed by atoms with Gasteiger partial charge in [0.2, 0.25) is 5.91 Å². The molecule has 0 saturated heterocycles. The van der Waals surface area contributed by atoms with Crippen LogP contribution in [0.3, 0.4) is 0 Å². The van der Waals surface area contributed by atoms with E-state index in [0.717, 1.165) is 19.3 Å². The largest absolute Gasteiger partial charge is 0.349 e. The van der Waals surface area contributed by atoms with Gasteiger partial charge in [-0.2, -0.15) is 0 Å². The monoisotopic (exact) mass is 423 g/mol. The predicted molar refractivity (Wildman–Crippen MR) is 113 cm³/mol. The lowest BCUT2D eigenvalue weighted by molar-refractivity contribution is -0.121. The molecule has 1 aliphatic carbocycles. The lowest BCUT2D eigenvalue weighted by Gasteiger charge is -2.25. The highest BCUT2D eigenvalue weighted by molar-refractivity contribution is 5.79. The number of aromatic nitrogens is 2. The fourth-order valence-corrected chi connectivity index (χ4v) is 3.70. The summed E-state index contributed by atoms with van der Waals surface area (Å²) in [6.45, 7) is 0. The van der Waals surface area contributed by atoms with Gasteiger partial charge in [-0.05, 0) is 48.2 Å². The highest BCUT2D eigenvalue weighted by Gasteiger charge is 2.23. The molecule has 3 aromatic rings. The van der Waals surface area contributed by atoms with E-state index in [-0.39, 0.29) is 35.4 Å². The second-order valence-corrected chi connectivity index (χ2v) is 7.93. The molecule has 2 aromatic carbocycles. The number of hydrogen-bond acceptors (Lipinski definition) is 3. The molecule has 1 aliphatic rings. The van der Waals surface area contributed by atoms with Crippen LogP contribution in [0.4, 0.5) is 8.78 Å². The van der Waals surface area contributed by atoms with Crippen LogP contribution in [0.5, 0.6) is 0 Å². The van der Waals surface area contributed by atoms with Crippen LogP contribution in [0.1, 0.15) is 53.9 Å². The lowest BCUT2D eigenvalue weighted by atomic mass is 9.85. The first-order chi connectivity index (χ1) is 15.0. The van der Waals surface area contributed by atoms with Crippen molar-refractivity contribution < 1.29 is 13.6 Å². The molecular formula is C24H23F2N3O2. The summed E-state index contributed by atoms with van der Waals surface area (Å²) >= 11 is 0. The average Bonchev–Trinajstić information content (AvgIpc) is 2.68. The minimum absolute atomic E-state index is 0.0775. The van der Waals surface area contributed by atoms with Gasteiger partial charge in [0.05, 0.1) is 18.2 Å². The minimum Gasteiger partial charge on any atom is -0.349 e. The number of carbonyl (C=O) groups is 1. The summed E-state index contributed by atoms with van der Waals surface area (Å²) in [5.41, 5.74) is 1.74. The summed E-state index contributed by atoms with van der Waals surface area (Å²) in [6.07, 6.45) is 3.50. The van der Waals surface area contributed by atoms with Crippen LogP contribution in [-0.4, -0.2) is 15.9 Å². The zero-order valence-electron chi connectivity index (χ0n) is 16.9. The van der Waals surface area contributed by atoms with Crippen molar-refractivity contribution in [1.82, 2.24) is 15.3 Å². The molecule has 1 saturated carbocycles. The third-order valence-corrected chi connectivity index (χ3v) is 5.60. The fraction of sp³-hybridized carbons (Fsp3) is 0.292. The van der Waals surface area contributed by atoms with Crippen LogP contribution in [0.2, 0.25) is 0 Å². The van der Waals surface area contributed by atoms with Crippen molar-refractivity contribution in [2.75, 3.05) is 0 Å². The smallest absolute Gasteiger partial charge is 0.251 e. The molecule has 0 bridgehead atoms. The minimum atomic E-state index is -0.489. The summed E-state index contributed by atoms with van der Waals surface area (Å²) in [6, 6.07) is 12.6. The Bertz CT molecular complexity index is 1110. The molecule has 2 N–H and O–H groups in total. The van der Waals surface area contributed by atoms with Crippen LogP contribution in [0.25, 0.3) is 0 Å². The van der Waals surface area contributed by atoms with E-state index >= 15 is 0 Å². The molecule has 1 aromatic heterocycles. The van der Waals surface area contributed by atoms with E-state index < -0.39 is 6.04 Å². The lowest BCUT2D eigenvalue weighted by Crippen LogP contribution is -2.32. The highest BCUT2D eigenvalue weighted by Crippen LogP contribution is 2.34. The standard InChI is InChI=1S/C24H23F2N3O2/c25-18-8-4-15(5-9-18)12-22(30)28-21(16-6-10-19(26)11-7-16)13-20-14-23(31)29-24(27-20)17-2-1-3-17/h4-11,14,17,21H,1-3,12-13H2,(H,28,30)(H,27,29,31). The Balaban J connectivity index is 1.55. The van der Waals surface area contributed by atoms with Crippen LogP contribution < -0.4 is 10.9 Å². The zero-order chi connectivity index (χ0) is 21.8. The van der Waals surface area contributed by atoms with Gasteiger partial charge in [0, 0.05) is 18.4 Å². The number of benzene rings is 2. The van der Waals surface area contributed by atoms with Crippen molar-refractivity contribution >= 4 is 5.91 Å². The highest BCUT2D eigenvalue weighted by atomic mass is 19.1. The third-order valence-electron chi connectivity index (χ3n) is 5.60. The van der Waals surface area contributed by atoms with Gasteiger partial charge >= 0.3 is 0 Å². The third kappa shape index (κ3) is 5.42. The Hall–Kier alpha value is -3.35. The van der Waals surface area contributed by atoms with Crippen molar-refractivity contribution in [3.05, 3.63) is 99.2 Å². The van der Waals surface area contributed by atoms with E-state index in [1.165, 1.54) is 30.3 Å². The predicted octanol–water partition coefficient (Wildman–Crippen LogP) is 3.96. The number of nitrogens with zero attached hydrogens (tertiary/aromatic N) is 1. The molecule has 1 atom stereocenters. The number of halogens is 2. The van der Waals surface area contributed by atoms with Gasteiger partial charge in [0.25, 0.3) is 5.56 Å². The number of hydrogen-bond donors (Lipinski definition) is 2. The van der Waals surface area contributed by atoms with Gasteiger partial charge in [-0.1, -0.05) is 30.7 Å². The van der Waals surface area contributed by atoms with Gasteiger partial charge in [-0.15, -0.1) is 0 Å². The number of H-pyrrole nitrogens is 1. The molecule has 31 heavy (non-hydrogen) atoms. The van der Waals surface area contributed by atoms with Gasteiger partial charge in [0.1, 0.15) is 17.5 Å². The summed E-state index contributed by atoms with van der Waals surface area (Å²) in [7, 11) is 0. The summed E-state index contributed by atoms with van der Waals surface area (Å²) < 4.78 is 26.5. The van der Waals surface area contributed by atoms with E-state index in [9.17, 15) is 18.4 Å². The van der Waals surface area contributed by atoms with E-state index in [0.29, 0.717) is 29.1 Å². The van der Waals surface area contributed by atoms with Crippen molar-refractivity contribution in [3.8, 4) is 0 Å². The molecule has 1 heterocycles. The van der Waals surface area contributed by atoms with Crippen LogP contribution >= 0.6 is 0 Å². The second kappa shape index (κ2) is 9.20. The topological polar surface area (TPSA) is 74.8 Å². The summed E-state index contributed by atoms with van der Waals surface area (Å²) in [5, 5.41) is 2.95. The number of amides is 1. The molecule has 5 nitrogen and oxygen atoms in total. The second-order valence-electron chi connectivity index (χ2n) is 7.93. The van der Waals surface area contributed by atoms with E-state index in [4.69, 9.17) is 0 Å². The zero-order valence-corrected chi connectivity index (χ0v) is 16.9. The molecule has 1 amide bonds. The van der Waals surface area contributed by atoms with Gasteiger partial charge in [-0.25, -0.2) is 13.8 Å². The maximum atomic E-state index is 13.4. The average molecular weight is 423 g/mol. The Morgan fingerprint density at radius 2 is 1.71 bits per heavy atom. The molecule has 7 heteroatoms. The Morgan fingerprint density at radius 3 is 2.32 bits per heavy atom. The Labute approximate surface area is 178 Å². The maximum absolute atomic E-state index is 13.4. The van der Waals surface area contributed by atoms with Crippen molar-refractivity contribution in [3.63, 3.8) is 0 Å². The summed E-state index contributed by atoms with van der Waals surface area (Å²) in [4.78, 5) is 32.2. The van der Waals surface area contributed by atoms with Crippen LogP contribution in [0, 0.1) is 11.6 Å². The molecule has 0 radical (unpaired) electrons. The molecule has 1 unspecified atom stereocenters. The molecule has 0 spiro atoms. The number of carbonyl (C=O) groups excluding carboxylic acids is 1. The van der Waals surface area contributed by atoms with Gasteiger partial charge in [0.15, 0.2) is 0 Å². The first-order valence-corrected chi connectivity index (χ1v) is 10.4. The van der Waals surface area contributed by atoms with Crippen molar-refractivity contribution in [1.29, 1.82) is 0 Å². The summed E-state index contributed by atoms with van der Waals surface area (Å²) in [5.74, 6) is -0.0445. The maximum Gasteiger partial charge on any atom is 0.251 e. The Kier molecular flexibility index (Phi) is 6.21. The number of nitrogens with one attached hydrogen (secondary N) is 2. The van der Waals surface area contributed by atoms with E-state index in [1.54, 1.807) is 24.3 Å². The van der Waals surface area contributed by atoms with E-state index in [2.05, 4.69) is 15.3 Å². The number of rotatable bonds is 7. The van der Waals surface area contributed by atoms with Gasteiger partial charge < -0.3 is 10.3 Å². The number of aromatic amines is 1. The normalized spacial score (nSPS) is 14.6.